The van der Waals surface area contributed by atoms with E-state index in [1.165, 1.54) is 71.0 Å². The molecule has 4 unspecified atom stereocenters. The van der Waals surface area contributed by atoms with E-state index in [0.717, 1.165) is 23.9 Å². The van der Waals surface area contributed by atoms with Crippen molar-refractivity contribution in [1.82, 2.24) is 10.2 Å². The van der Waals surface area contributed by atoms with Gasteiger partial charge in [-0.1, -0.05) is 26.2 Å². The van der Waals surface area contributed by atoms with Crippen molar-refractivity contribution < 1.29 is 0 Å². The molecule has 104 valence electrons. The van der Waals surface area contributed by atoms with E-state index in [9.17, 15) is 0 Å². The molecule has 1 saturated carbocycles. The predicted octanol–water partition coefficient (Wildman–Crippen LogP) is 3.03. The quantitative estimate of drug-likeness (QED) is 0.828. The lowest BCUT2D eigenvalue weighted by Gasteiger charge is -2.37. The van der Waals surface area contributed by atoms with Gasteiger partial charge in [-0.3, -0.25) is 4.90 Å². The fourth-order valence-corrected chi connectivity index (χ4v) is 4.62. The molecular weight excluding hydrogens is 220 g/mol. The summed E-state index contributed by atoms with van der Waals surface area (Å²) in [5.74, 6) is 2.03. The van der Waals surface area contributed by atoms with Crippen molar-refractivity contribution in [2.24, 2.45) is 11.8 Å². The maximum absolute atomic E-state index is 3.76. The summed E-state index contributed by atoms with van der Waals surface area (Å²) in [4.78, 5) is 2.83. The van der Waals surface area contributed by atoms with E-state index in [0.29, 0.717) is 0 Å². The minimum Gasteiger partial charge on any atom is -0.313 e. The molecule has 0 spiro atoms. The van der Waals surface area contributed by atoms with Gasteiger partial charge < -0.3 is 5.32 Å². The van der Waals surface area contributed by atoms with E-state index in [-0.39, 0.29) is 0 Å². The third kappa shape index (κ3) is 2.75. The van der Waals surface area contributed by atoms with Crippen LogP contribution in [0, 0.1) is 11.8 Å². The smallest absolute Gasteiger partial charge is 0.0197 e. The van der Waals surface area contributed by atoms with Crippen LogP contribution < -0.4 is 5.32 Å². The molecule has 2 heteroatoms. The van der Waals surface area contributed by atoms with Crippen molar-refractivity contribution in [2.75, 3.05) is 19.6 Å². The van der Waals surface area contributed by atoms with Crippen LogP contribution in [0.15, 0.2) is 0 Å². The molecule has 18 heavy (non-hydrogen) atoms. The Hall–Kier alpha value is -0.0800. The third-order valence-corrected chi connectivity index (χ3v) is 5.76. The molecule has 0 bridgehead atoms. The second-order valence-electron chi connectivity index (χ2n) is 6.85. The van der Waals surface area contributed by atoms with Gasteiger partial charge in [0.15, 0.2) is 0 Å². The first-order valence-electron chi connectivity index (χ1n) is 8.34. The Kier molecular flexibility index (Phi) is 4.25. The number of piperidine rings is 1. The number of hydrogen-bond donors (Lipinski definition) is 1. The maximum Gasteiger partial charge on any atom is 0.0197 e. The number of nitrogens with zero attached hydrogens (tertiary/aromatic N) is 1. The summed E-state index contributed by atoms with van der Waals surface area (Å²) in [6, 6.07) is 1.73. The molecule has 2 nitrogen and oxygen atoms in total. The van der Waals surface area contributed by atoms with Gasteiger partial charge >= 0.3 is 0 Å². The average Bonchev–Trinajstić information content (AvgIpc) is 2.83. The number of nitrogens with one attached hydrogen (secondary N) is 1. The molecule has 0 amide bonds. The number of fused-ring (bicyclic) bond motifs is 1. The van der Waals surface area contributed by atoms with E-state index in [1.807, 2.05) is 0 Å². The van der Waals surface area contributed by atoms with Gasteiger partial charge in [0.2, 0.25) is 0 Å². The highest BCUT2D eigenvalue weighted by Gasteiger charge is 2.36. The van der Waals surface area contributed by atoms with Gasteiger partial charge in [0.05, 0.1) is 0 Å². The van der Waals surface area contributed by atoms with Crippen LogP contribution in [0.3, 0.4) is 0 Å². The lowest BCUT2D eigenvalue weighted by Crippen LogP contribution is -2.48. The first-order valence-corrected chi connectivity index (χ1v) is 8.34. The zero-order valence-corrected chi connectivity index (χ0v) is 12.0. The maximum atomic E-state index is 3.76. The second kappa shape index (κ2) is 5.92. The summed E-state index contributed by atoms with van der Waals surface area (Å²) in [5, 5.41) is 3.76. The molecule has 0 aromatic heterocycles. The van der Waals surface area contributed by atoms with Crippen LogP contribution in [-0.2, 0) is 0 Å². The summed E-state index contributed by atoms with van der Waals surface area (Å²) in [6.07, 6.45) is 11.6. The lowest BCUT2D eigenvalue weighted by atomic mass is 9.85. The monoisotopic (exact) mass is 250 g/mol. The minimum atomic E-state index is 0.782. The Morgan fingerprint density at radius 2 is 2.00 bits per heavy atom. The fourth-order valence-electron chi connectivity index (χ4n) is 4.62. The van der Waals surface area contributed by atoms with E-state index in [4.69, 9.17) is 0 Å². The average molecular weight is 250 g/mol. The summed E-state index contributed by atoms with van der Waals surface area (Å²) >= 11 is 0. The fraction of sp³-hybridized carbons (Fsp3) is 1.00. The van der Waals surface area contributed by atoms with Gasteiger partial charge in [0.25, 0.3) is 0 Å². The van der Waals surface area contributed by atoms with Crippen molar-refractivity contribution >= 4 is 0 Å². The molecule has 1 aliphatic carbocycles. The van der Waals surface area contributed by atoms with Crippen molar-refractivity contribution in [1.29, 1.82) is 0 Å². The molecule has 4 atom stereocenters. The zero-order chi connectivity index (χ0) is 12.4. The SMILES string of the molecule is CCC1CCNC(CN2CCC3CCCCC32)C1. The second-order valence-corrected chi connectivity index (χ2v) is 6.85. The molecule has 2 saturated heterocycles. The Morgan fingerprint density at radius 3 is 2.89 bits per heavy atom. The predicted molar refractivity (Wildman–Crippen MR) is 76.7 cm³/mol. The first kappa shape index (κ1) is 12.9. The summed E-state index contributed by atoms with van der Waals surface area (Å²) in [7, 11) is 0. The van der Waals surface area contributed by atoms with Crippen molar-refractivity contribution in [3.05, 3.63) is 0 Å². The van der Waals surface area contributed by atoms with Crippen LogP contribution in [0.2, 0.25) is 0 Å². The van der Waals surface area contributed by atoms with Crippen molar-refractivity contribution in [3.8, 4) is 0 Å². The van der Waals surface area contributed by atoms with Gasteiger partial charge in [-0.05, 0) is 57.0 Å². The minimum absolute atomic E-state index is 0.782. The van der Waals surface area contributed by atoms with Gasteiger partial charge in [0, 0.05) is 18.6 Å². The Morgan fingerprint density at radius 1 is 1.11 bits per heavy atom. The van der Waals surface area contributed by atoms with Gasteiger partial charge in [0.1, 0.15) is 0 Å². The van der Waals surface area contributed by atoms with Gasteiger partial charge in [-0.15, -0.1) is 0 Å². The highest BCUT2D eigenvalue weighted by Crippen LogP contribution is 2.36. The van der Waals surface area contributed by atoms with E-state index in [2.05, 4.69) is 17.1 Å². The molecule has 3 aliphatic rings. The zero-order valence-electron chi connectivity index (χ0n) is 12.0. The standard InChI is InChI=1S/C16H30N2/c1-2-13-7-9-17-15(11-13)12-18-10-8-14-5-3-4-6-16(14)18/h13-17H,2-12H2,1H3. The van der Waals surface area contributed by atoms with E-state index in [1.54, 1.807) is 0 Å². The largest absolute Gasteiger partial charge is 0.313 e. The highest BCUT2D eigenvalue weighted by atomic mass is 15.2. The molecule has 0 radical (unpaired) electrons. The molecule has 0 aromatic rings. The molecule has 1 N–H and O–H groups in total. The first-order chi connectivity index (χ1) is 8.86. The topological polar surface area (TPSA) is 15.3 Å². The van der Waals surface area contributed by atoms with Crippen LogP contribution in [0.1, 0.15) is 58.3 Å². The Labute approximate surface area is 113 Å². The molecule has 3 rings (SSSR count). The van der Waals surface area contributed by atoms with E-state index < -0.39 is 0 Å². The summed E-state index contributed by atoms with van der Waals surface area (Å²) in [6.45, 7) is 6.33. The normalized spacial score (nSPS) is 41.8. The van der Waals surface area contributed by atoms with Crippen LogP contribution in [-0.4, -0.2) is 36.6 Å². The number of hydrogen-bond acceptors (Lipinski definition) is 2. The lowest BCUT2D eigenvalue weighted by molar-refractivity contribution is 0.149. The van der Waals surface area contributed by atoms with Crippen LogP contribution in [0.25, 0.3) is 0 Å². The molecule has 2 heterocycles. The highest BCUT2D eigenvalue weighted by molar-refractivity contribution is 4.92. The van der Waals surface area contributed by atoms with E-state index >= 15 is 0 Å². The van der Waals surface area contributed by atoms with Crippen LogP contribution in [0.4, 0.5) is 0 Å². The van der Waals surface area contributed by atoms with Crippen molar-refractivity contribution in [3.63, 3.8) is 0 Å². The van der Waals surface area contributed by atoms with Crippen LogP contribution in [0.5, 0.6) is 0 Å². The van der Waals surface area contributed by atoms with Crippen molar-refractivity contribution in [2.45, 2.75) is 70.4 Å². The Bertz CT molecular complexity index is 266. The molecular formula is C16H30N2. The molecule has 0 aromatic carbocycles. The summed E-state index contributed by atoms with van der Waals surface area (Å²) < 4.78 is 0. The number of rotatable bonds is 3. The van der Waals surface area contributed by atoms with Gasteiger partial charge in [-0.25, -0.2) is 0 Å². The Balaban J connectivity index is 1.53. The van der Waals surface area contributed by atoms with Gasteiger partial charge in [-0.2, -0.15) is 0 Å². The third-order valence-electron chi connectivity index (χ3n) is 5.76. The number of likely N-dealkylation sites (tertiary alicyclic amines) is 1. The molecule has 3 fully saturated rings. The summed E-state index contributed by atoms with van der Waals surface area (Å²) in [5.41, 5.74) is 0. The van der Waals surface area contributed by atoms with Crippen LogP contribution >= 0.6 is 0 Å². The molecule has 2 aliphatic heterocycles.